The van der Waals surface area contributed by atoms with Gasteiger partial charge in [0.25, 0.3) is 0 Å². The van der Waals surface area contributed by atoms with Crippen molar-refractivity contribution in [1.82, 2.24) is 14.4 Å². The molecule has 7 heteroatoms. The van der Waals surface area contributed by atoms with Crippen molar-refractivity contribution in [2.24, 2.45) is 0 Å². The summed E-state index contributed by atoms with van der Waals surface area (Å²) in [6.07, 6.45) is 1.78. The molecule has 0 spiro atoms. The van der Waals surface area contributed by atoms with Gasteiger partial charge in [-0.25, -0.2) is 9.37 Å². The molecule has 0 N–H and O–H groups in total. The molecule has 0 fully saturated rings. The van der Waals surface area contributed by atoms with Gasteiger partial charge in [-0.15, -0.1) is 0 Å². The van der Waals surface area contributed by atoms with Crippen LogP contribution in [0.5, 0.6) is 11.8 Å². The molecule has 0 radical (unpaired) electrons. The standard InChI is InChI=1S/C14H11BrFN3O2/c1-20-12-6-13(21-2)19-7-11(17-14(19)18-12)8-3-4-10(16)9(15)5-8/h3-7H,1-2H3. The molecule has 0 atom stereocenters. The smallest absolute Gasteiger partial charge is 0.240 e. The molecule has 1 aromatic carbocycles. The molecule has 3 aromatic rings. The Morgan fingerprint density at radius 3 is 2.62 bits per heavy atom. The lowest BCUT2D eigenvalue weighted by Gasteiger charge is -2.04. The van der Waals surface area contributed by atoms with Crippen LogP contribution in [0.25, 0.3) is 17.0 Å². The molecule has 0 unspecified atom stereocenters. The van der Waals surface area contributed by atoms with Gasteiger partial charge in [-0.05, 0) is 34.1 Å². The number of fused-ring (bicyclic) bond motifs is 1. The van der Waals surface area contributed by atoms with E-state index in [4.69, 9.17) is 9.47 Å². The van der Waals surface area contributed by atoms with Crippen molar-refractivity contribution in [2.75, 3.05) is 14.2 Å². The molecule has 21 heavy (non-hydrogen) atoms. The molecule has 2 aromatic heterocycles. The van der Waals surface area contributed by atoms with Gasteiger partial charge < -0.3 is 9.47 Å². The summed E-state index contributed by atoms with van der Waals surface area (Å²) in [5.74, 6) is 1.09. The van der Waals surface area contributed by atoms with Gasteiger partial charge in [-0.2, -0.15) is 4.98 Å². The average molecular weight is 352 g/mol. The van der Waals surface area contributed by atoms with Crippen LogP contribution in [0, 0.1) is 5.82 Å². The summed E-state index contributed by atoms with van der Waals surface area (Å²) in [6, 6.07) is 6.38. The Kier molecular flexibility index (Phi) is 3.50. The van der Waals surface area contributed by atoms with Crippen molar-refractivity contribution in [2.45, 2.75) is 0 Å². The number of benzene rings is 1. The van der Waals surface area contributed by atoms with Gasteiger partial charge in [0.05, 0.1) is 30.5 Å². The van der Waals surface area contributed by atoms with Gasteiger partial charge in [0, 0.05) is 11.8 Å². The van der Waals surface area contributed by atoms with Crippen molar-refractivity contribution in [3.63, 3.8) is 0 Å². The normalized spacial score (nSPS) is 10.9. The minimum absolute atomic E-state index is 0.320. The Bertz CT molecular complexity index is 819. The number of ether oxygens (including phenoxy) is 2. The van der Waals surface area contributed by atoms with E-state index in [9.17, 15) is 4.39 Å². The maximum absolute atomic E-state index is 13.3. The number of aromatic nitrogens is 3. The Balaban J connectivity index is 2.18. The molecule has 0 saturated carbocycles. The van der Waals surface area contributed by atoms with E-state index < -0.39 is 0 Å². The first-order valence-corrected chi connectivity index (χ1v) is 6.85. The molecular formula is C14H11BrFN3O2. The quantitative estimate of drug-likeness (QED) is 0.726. The largest absolute Gasteiger partial charge is 0.482 e. The van der Waals surface area contributed by atoms with E-state index in [-0.39, 0.29) is 5.82 Å². The molecule has 2 heterocycles. The summed E-state index contributed by atoms with van der Waals surface area (Å²) in [6.45, 7) is 0. The fourth-order valence-corrected chi connectivity index (χ4v) is 2.35. The van der Waals surface area contributed by atoms with E-state index >= 15 is 0 Å². The summed E-state index contributed by atoms with van der Waals surface area (Å²) in [5.41, 5.74) is 1.43. The molecule has 0 saturated heterocycles. The Morgan fingerprint density at radius 1 is 1.14 bits per heavy atom. The fourth-order valence-electron chi connectivity index (χ4n) is 1.97. The summed E-state index contributed by atoms with van der Waals surface area (Å²) >= 11 is 3.17. The van der Waals surface area contributed by atoms with E-state index in [1.807, 2.05) is 0 Å². The molecule has 108 valence electrons. The number of imidazole rings is 1. The highest BCUT2D eigenvalue weighted by atomic mass is 79.9. The zero-order valence-corrected chi connectivity index (χ0v) is 12.9. The van der Waals surface area contributed by atoms with Crippen LogP contribution in [0.3, 0.4) is 0 Å². The highest BCUT2D eigenvalue weighted by molar-refractivity contribution is 9.10. The van der Waals surface area contributed by atoms with Crippen LogP contribution in [0.4, 0.5) is 4.39 Å². The van der Waals surface area contributed by atoms with E-state index in [2.05, 4.69) is 25.9 Å². The lowest BCUT2D eigenvalue weighted by Crippen LogP contribution is -1.97. The maximum Gasteiger partial charge on any atom is 0.240 e. The van der Waals surface area contributed by atoms with Gasteiger partial charge in [-0.3, -0.25) is 4.40 Å². The summed E-state index contributed by atoms with van der Waals surface area (Å²) in [4.78, 5) is 8.67. The second kappa shape index (κ2) is 5.33. The SMILES string of the molecule is COc1cc(OC)n2cc(-c3ccc(F)c(Br)c3)nc2n1. The van der Waals surface area contributed by atoms with Crippen LogP contribution in [-0.2, 0) is 0 Å². The topological polar surface area (TPSA) is 48.7 Å². The number of hydrogen-bond donors (Lipinski definition) is 0. The van der Waals surface area contributed by atoms with Gasteiger partial charge in [0.15, 0.2) is 0 Å². The third-order valence-corrected chi connectivity index (χ3v) is 3.62. The number of hydrogen-bond acceptors (Lipinski definition) is 4. The van der Waals surface area contributed by atoms with E-state index in [0.717, 1.165) is 5.56 Å². The predicted octanol–water partition coefficient (Wildman–Crippen LogP) is 3.32. The molecule has 0 amide bonds. The molecule has 0 aliphatic heterocycles. The number of nitrogens with zero attached hydrogens (tertiary/aromatic N) is 3. The first-order chi connectivity index (χ1) is 10.1. The van der Waals surface area contributed by atoms with Crippen LogP contribution in [0.15, 0.2) is 34.9 Å². The van der Waals surface area contributed by atoms with Crippen molar-refractivity contribution in [3.8, 4) is 23.0 Å². The highest BCUT2D eigenvalue weighted by Gasteiger charge is 2.12. The van der Waals surface area contributed by atoms with Gasteiger partial charge in [0.1, 0.15) is 5.82 Å². The predicted molar refractivity (Wildman–Crippen MR) is 79.2 cm³/mol. The molecule has 0 bridgehead atoms. The molecular weight excluding hydrogens is 341 g/mol. The van der Waals surface area contributed by atoms with Gasteiger partial charge >= 0.3 is 0 Å². The highest BCUT2D eigenvalue weighted by Crippen LogP contribution is 2.27. The fraction of sp³-hybridized carbons (Fsp3) is 0.143. The number of rotatable bonds is 3. The minimum atomic E-state index is -0.320. The molecule has 3 rings (SSSR count). The van der Waals surface area contributed by atoms with Gasteiger partial charge in [0.2, 0.25) is 17.5 Å². The molecule has 0 aliphatic rings. The second-order valence-corrected chi connectivity index (χ2v) is 5.12. The zero-order chi connectivity index (χ0) is 15.0. The average Bonchev–Trinajstić information content (AvgIpc) is 2.92. The third kappa shape index (κ3) is 2.44. The Morgan fingerprint density at radius 2 is 1.95 bits per heavy atom. The summed E-state index contributed by atoms with van der Waals surface area (Å²) in [5, 5.41) is 0. The minimum Gasteiger partial charge on any atom is -0.482 e. The van der Waals surface area contributed by atoms with Crippen LogP contribution in [0.1, 0.15) is 0 Å². The summed E-state index contributed by atoms with van der Waals surface area (Å²) < 4.78 is 25.8. The van der Waals surface area contributed by atoms with Crippen molar-refractivity contribution < 1.29 is 13.9 Å². The zero-order valence-electron chi connectivity index (χ0n) is 11.3. The van der Waals surface area contributed by atoms with Crippen LogP contribution < -0.4 is 9.47 Å². The van der Waals surface area contributed by atoms with Crippen molar-refractivity contribution >= 4 is 21.7 Å². The number of halogens is 2. The van der Waals surface area contributed by atoms with Crippen LogP contribution in [0.2, 0.25) is 0 Å². The Hall–Kier alpha value is -2.15. The van der Waals surface area contributed by atoms with Gasteiger partial charge in [-0.1, -0.05) is 0 Å². The summed E-state index contributed by atoms with van der Waals surface area (Å²) in [7, 11) is 3.08. The monoisotopic (exact) mass is 351 g/mol. The number of methoxy groups -OCH3 is 2. The van der Waals surface area contributed by atoms with Crippen molar-refractivity contribution in [3.05, 3.63) is 40.8 Å². The van der Waals surface area contributed by atoms with E-state index in [1.165, 1.54) is 13.2 Å². The van der Waals surface area contributed by atoms with E-state index in [1.54, 1.807) is 35.9 Å². The Labute approximate surface area is 128 Å². The van der Waals surface area contributed by atoms with Crippen LogP contribution >= 0.6 is 15.9 Å². The first kappa shape index (κ1) is 13.8. The van der Waals surface area contributed by atoms with Crippen molar-refractivity contribution in [1.29, 1.82) is 0 Å². The first-order valence-electron chi connectivity index (χ1n) is 6.06. The second-order valence-electron chi connectivity index (χ2n) is 4.27. The third-order valence-electron chi connectivity index (χ3n) is 3.02. The lowest BCUT2D eigenvalue weighted by molar-refractivity contribution is 0.369. The van der Waals surface area contributed by atoms with Crippen LogP contribution in [-0.4, -0.2) is 28.6 Å². The lowest BCUT2D eigenvalue weighted by atomic mass is 10.2. The van der Waals surface area contributed by atoms with E-state index in [0.29, 0.717) is 27.7 Å². The maximum atomic E-state index is 13.3. The molecule has 5 nitrogen and oxygen atoms in total. The molecule has 0 aliphatic carbocycles.